The van der Waals surface area contributed by atoms with Gasteiger partial charge in [0.1, 0.15) is 0 Å². The van der Waals surface area contributed by atoms with Gasteiger partial charge in [0.15, 0.2) is 0 Å². The molecule has 1 unspecified atom stereocenters. The lowest BCUT2D eigenvalue weighted by atomic mass is 10.0. The molecule has 4 heteroatoms. The zero-order chi connectivity index (χ0) is 13.5. The molecule has 102 valence electrons. The van der Waals surface area contributed by atoms with Crippen molar-refractivity contribution in [1.29, 1.82) is 0 Å². The molecule has 1 atom stereocenters. The summed E-state index contributed by atoms with van der Waals surface area (Å²) in [5.41, 5.74) is 2.48. The quantitative estimate of drug-likeness (QED) is 0.841. The second-order valence-corrected chi connectivity index (χ2v) is 5.22. The minimum absolute atomic E-state index is 0.248. The van der Waals surface area contributed by atoms with Gasteiger partial charge < -0.3 is 10.1 Å². The fourth-order valence-corrected chi connectivity index (χ4v) is 2.78. The molecule has 0 aliphatic rings. The van der Waals surface area contributed by atoms with Crippen LogP contribution in [-0.2, 0) is 6.42 Å². The van der Waals surface area contributed by atoms with Crippen molar-refractivity contribution < 1.29 is 4.74 Å². The number of rotatable bonds is 7. The van der Waals surface area contributed by atoms with Crippen molar-refractivity contribution in [3.8, 4) is 5.88 Å². The van der Waals surface area contributed by atoms with E-state index in [4.69, 9.17) is 4.74 Å². The molecule has 0 bridgehead atoms. The van der Waals surface area contributed by atoms with Crippen molar-refractivity contribution in [3.63, 3.8) is 0 Å². The minimum atomic E-state index is 0.248. The first-order chi connectivity index (χ1) is 9.35. The van der Waals surface area contributed by atoms with Crippen molar-refractivity contribution in [2.45, 2.75) is 25.8 Å². The maximum atomic E-state index is 5.38. The van der Waals surface area contributed by atoms with Crippen LogP contribution in [0.15, 0.2) is 35.2 Å². The van der Waals surface area contributed by atoms with E-state index in [2.05, 4.69) is 40.1 Å². The fraction of sp³-hybridized carbons (Fsp3) is 0.400. The fourth-order valence-electron chi connectivity index (χ4n) is 2.09. The molecule has 0 fully saturated rings. The highest BCUT2D eigenvalue weighted by atomic mass is 32.1. The highest BCUT2D eigenvalue weighted by Gasteiger charge is 2.16. The molecule has 1 N–H and O–H groups in total. The predicted molar refractivity (Wildman–Crippen MR) is 79.8 cm³/mol. The largest absolute Gasteiger partial charge is 0.481 e. The summed E-state index contributed by atoms with van der Waals surface area (Å²) in [5.74, 6) is 0.714. The van der Waals surface area contributed by atoms with Crippen LogP contribution >= 0.6 is 11.3 Å². The third-order valence-corrected chi connectivity index (χ3v) is 3.76. The van der Waals surface area contributed by atoms with E-state index in [9.17, 15) is 0 Å². The van der Waals surface area contributed by atoms with E-state index in [1.165, 1.54) is 5.56 Å². The first kappa shape index (κ1) is 14.0. The monoisotopic (exact) mass is 276 g/mol. The number of pyridine rings is 1. The van der Waals surface area contributed by atoms with Gasteiger partial charge in [-0.3, -0.25) is 0 Å². The van der Waals surface area contributed by atoms with Crippen LogP contribution in [0.4, 0.5) is 0 Å². The molecule has 0 saturated carbocycles. The van der Waals surface area contributed by atoms with Crippen LogP contribution in [0.3, 0.4) is 0 Å². The summed E-state index contributed by atoms with van der Waals surface area (Å²) in [4.78, 5) is 4.30. The van der Waals surface area contributed by atoms with Crippen LogP contribution in [0.2, 0.25) is 0 Å². The summed E-state index contributed by atoms with van der Waals surface area (Å²) in [6.45, 7) is 3.17. The standard InChI is InChI=1S/C15H20N2OS/c1-3-7-16-14(10-12-6-9-19-11-12)13-5-4-8-17-15(13)18-2/h4-6,8-9,11,14,16H,3,7,10H2,1-2H3. The summed E-state index contributed by atoms with van der Waals surface area (Å²) in [7, 11) is 1.67. The number of thiophene rings is 1. The number of aromatic nitrogens is 1. The SMILES string of the molecule is CCCNC(Cc1ccsc1)c1cccnc1OC. The Kier molecular flexibility index (Phi) is 5.36. The molecule has 0 aliphatic carbocycles. The molecule has 0 amide bonds. The van der Waals surface area contributed by atoms with Crippen LogP contribution in [0.25, 0.3) is 0 Å². The number of hydrogen-bond acceptors (Lipinski definition) is 4. The Morgan fingerprint density at radius 2 is 2.32 bits per heavy atom. The summed E-state index contributed by atoms with van der Waals surface area (Å²) >= 11 is 1.74. The van der Waals surface area contributed by atoms with E-state index in [1.54, 1.807) is 24.6 Å². The summed E-state index contributed by atoms with van der Waals surface area (Å²) in [6, 6.07) is 6.48. The Balaban J connectivity index is 2.20. The normalized spacial score (nSPS) is 12.3. The van der Waals surface area contributed by atoms with E-state index in [-0.39, 0.29) is 6.04 Å². The lowest BCUT2D eigenvalue weighted by molar-refractivity contribution is 0.381. The van der Waals surface area contributed by atoms with E-state index >= 15 is 0 Å². The second-order valence-electron chi connectivity index (χ2n) is 4.44. The van der Waals surface area contributed by atoms with Gasteiger partial charge in [-0.05, 0) is 47.8 Å². The van der Waals surface area contributed by atoms with Crippen LogP contribution in [0.1, 0.15) is 30.5 Å². The zero-order valence-electron chi connectivity index (χ0n) is 11.4. The molecule has 3 nitrogen and oxygen atoms in total. The van der Waals surface area contributed by atoms with Gasteiger partial charge in [0.25, 0.3) is 0 Å². The van der Waals surface area contributed by atoms with Gasteiger partial charge in [-0.1, -0.05) is 13.0 Å². The first-order valence-corrected chi connectivity index (χ1v) is 7.52. The molecule has 0 radical (unpaired) electrons. The van der Waals surface area contributed by atoms with Crippen LogP contribution in [-0.4, -0.2) is 18.6 Å². The maximum Gasteiger partial charge on any atom is 0.217 e. The molecule has 19 heavy (non-hydrogen) atoms. The summed E-state index contributed by atoms with van der Waals surface area (Å²) in [6.07, 6.45) is 3.85. The topological polar surface area (TPSA) is 34.2 Å². The third-order valence-electron chi connectivity index (χ3n) is 3.03. The highest BCUT2D eigenvalue weighted by Crippen LogP contribution is 2.26. The number of hydrogen-bond donors (Lipinski definition) is 1. The Morgan fingerprint density at radius 1 is 1.42 bits per heavy atom. The lowest BCUT2D eigenvalue weighted by Gasteiger charge is -2.20. The van der Waals surface area contributed by atoms with E-state index < -0.39 is 0 Å². The van der Waals surface area contributed by atoms with Crippen LogP contribution in [0.5, 0.6) is 5.88 Å². The molecule has 0 saturated heterocycles. The van der Waals surface area contributed by atoms with Gasteiger partial charge in [0.2, 0.25) is 5.88 Å². The second kappa shape index (κ2) is 7.26. The number of methoxy groups -OCH3 is 1. The van der Waals surface area contributed by atoms with E-state index in [0.717, 1.165) is 24.9 Å². The molecule has 2 aromatic rings. The van der Waals surface area contributed by atoms with Crippen molar-refractivity contribution in [2.75, 3.05) is 13.7 Å². The molecular weight excluding hydrogens is 256 g/mol. The van der Waals surface area contributed by atoms with Crippen LogP contribution in [0, 0.1) is 0 Å². The Hall–Kier alpha value is -1.39. The third kappa shape index (κ3) is 3.78. The van der Waals surface area contributed by atoms with Gasteiger partial charge in [-0.15, -0.1) is 0 Å². The van der Waals surface area contributed by atoms with Crippen LogP contribution < -0.4 is 10.1 Å². The average Bonchev–Trinajstić information content (AvgIpc) is 2.96. The van der Waals surface area contributed by atoms with Gasteiger partial charge in [0, 0.05) is 17.8 Å². The van der Waals surface area contributed by atoms with E-state index in [0.29, 0.717) is 5.88 Å². The first-order valence-electron chi connectivity index (χ1n) is 6.58. The molecule has 0 spiro atoms. The van der Waals surface area contributed by atoms with Gasteiger partial charge in [-0.25, -0.2) is 4.98 Å². The van der Waals surface area contributed by atoms with E-state index in [1.807, 2.05) is 6.07 Å². The Morgan fingerprint density at radius 3 is 3.00 bits per heavy atom. The van der Waals surface area contributed by atoms with Crippen molar-refractivity contribution in [2.24, 2.45) is 0 Å². The number of nitrogens with zero attached hydrogens (tertiary/aromatic N) is 1. The lowest BCUT2D eigenvalue weighted by Crippen LogP contribution is -2.24. The molecular formula is C15H20N2OS. The zero-order valence-corrected chi connectivity index (χ0v) is 12.2. The summed E-state index contributed by atoms with van der Waals surface area (Å²) in [5, 5.41) is 7.90. The van der Waals surface area contributed by atoms with Crippen molar-refractivity contribution >= 4 is 11.3 Å². The number of ether oxygens (including phenoxy) is 1. The molecule has 2 heterocycles. The Bertz CT molecular complexity index is 485. The van der Waals surface area contributed by atoms with Gasteiger partial charge >= 0.3 is 0 Å². The summed E-state index contributed by atoms with van der Waals surface area (Å²) < 4.78 is 5.38. The molecule has 0 aromatic carbocycles. The minimum Gasteiger partial charge on any atom is -0.481 e. The molecule has 0 aliphatic heterocycles. The average molecular weight is 276 g/mol. The maximum absolute atomic E-state index is 5.38. The van der Waals surface area contributed by atoms with Gasteiger partial charge in [0.05, 0.1) is 7.11 Å². The Labute approximate surface area is 118 Å². The predicted octanol–water partition coefficient (Wildman–Crippen LogP) is 3.44. The molecule has 2 aromatic heterocycles. The van der Waals surface area contributed by atoms with Crippen molar-refractivity contribution in [3.05, 3.63) is 46.3 Å². The smallest absolute Gasteiger partial charge is 0.217 e. The molecule has 2 rings (SSSR count). The van der Waals surface area contributed by atoms with Crippen molar-refractivity contribution in [1.82, 2.24) is 10.3 Å². The van der Waals surface area contributed by atoms with Gasteiger partial charge in [-0.2, -0.15) is 11.3 Å². The number of nitrogens with one attached hydrogen (secondary N) is 1. The highest BCUT2D eigenvalue weighted by molar-refractivity contribution is 7.07.